The Kier molecular flexibility index (Phi) is 6.33. The standard InChI is InChI=1S/C15H25BrN2/c1-5-11(3)18(6-2)15(12(4)17)13-7-9-14(16)10-8-13/h7-12,15H,5-6,17H2,1-4H3. The molecule has 0 aromatic heterocycles. The third-order valence-electron chi connectivity index (χ3n) is 3.59. The number of rotatable bonds is 6. The summed E-state index contributed by atoms with van der Waals surface area (Å²) in [6.07, 6.45) is 1.15. The number of likely N-dealkylation sites (N-methyl/N-ethyl adjacent to an activating group) is 1. The summed E-state index contributed by atoms with van der Waals surface area (Å²) < 4.78 is 1.11. The molecule has 102 valence electrons. The van der Waals surface area contributed by atoms with Crippen molar-refractivity contribution in [2.24, 2.45) is 5.73 Å². The monoisotopic (exact) mass is 312 g/mol. The molecule has 1 aromatic rings. The first-order valence-electron chi connectivity index (χ1n) is 6.78. The van der Waals surface area contributed by atoms with Crippen LogP contribution in [-0.2, 0) is 0 Å². The molecule has 1 aromatic carbocycles. The van der Waals surface area contributed by atoms with Gasteiger partial charge in [-0.15, -0.1) is 0 Å². The molecule has 0 fully saturated rings. The number of hydrogen-bond donors (Lipinski definition) is 1. The molecule has 0 aliphatic carbocycles. The minimum absolute atomic E-state index is 0.125. The van der Waals surface area contributed by atoms with Crippen molar-refractivity contribution in [3.05, 3.63) is 34.3 Å². The minimum atomic E-state index is 0.125. The van der Waals surface area contributed by atoms with E-state index in [1.165, 1.54) is 5.56 Å². The van der Waals surface area contributed by atoms with E-state index in [9.17, 15) is 0 Å². The maximum Gasteiger partial charge on any atom is 0.0499 e. The molecule has 3 atom stereocenters. The van der Waals surface area contributed by atoms with E-state index in [0.717, 1.165) is 17.4 Å². The molecule has 0 saturated heterocycles. The quantitative estimate of drug-likeness (QED) is 0.861. The minimum Gasteiger partial charge on any atom is -0.326 e. The number of hydrogen-bond acceptors (Lipinski definition) is 2. The van der Waals surface area contributed by atoms with Gasteiger partial charge < -0.3 is 5.73 Å². The van der Waals surface area contributed by atoms with E-state index in [-0.39, 0.29) is 12.1 Å². The van der Waals surface area contributed by atoms with Crippen LogP contribution in [0, 0.1) is 0 Å². The Bertz CT molecular complexity index is 348. The lowest BCUT2D eigenvalue weighted by molar-refractivity contribution is 0.131. The van der Waals surface area contributed by atoms with Gasteiger partial charge in [0, 0.05) is 22.6 Å². The summed E-state index contributed by atoms with van der Waals surface area (Å²) in [6, 6.07) is 9.49. The molecule has 1 rings (SSSR count). The average molecular weight is 313 g/mol. The second-order valence-corrected chi connectivity index (χ2v) is 5.86. The van der Waals surface area contributed by atoms with Gasteiger partial charge in [0.1, 0.15) is 0 Å². The highest BCUT2D eigenvalue weighted by molar-refractivity contribution is 9.10. The molecule has 0 radical (unpaired) electrons. The third kappa shape index (κ3) is 3.81. The first-order chi connectivity index (χ1) is 8.51. The summed E-state index contributed by atoms with van der Waals surface area (Å²) in [6.45, 7) is 9.83. The Balaban J connectivity index is 3.04. The zero-order valence-corrected chi connectivity index (χ0v) is 13.4. The summed E-state index contributed by atoms with van der Waals surface area (Å²) in [7, 11) is 0. The number of nitrogens with zero attached hydrogens (tertiary/aromatic N) is 1. The maximum absolute atomic E-state index is 6.22. The van der Waals surface area contributed by atoms with Crippen molar-refractivity contribution in [2.75, 3.05) is 6.54 Å². The fourth-order valence-corrected chi connectivity index (χ4v) is 2.74. The van der Waals surface area contributed by atoms with Crippen molar-refractivity contribution < 1.29 is 0 Å². The summed E-state index contributed by atoms with van der Waals surface area (Å²) >= 11 is 3.48. The van der Waals surface area contributed by atoms with E-state index in [1.54, 1.807) is 0 Å². The molecule has 0 aliphatic rings. The van der Waals surface area contributed by atoms with Crippen LogP contribution >= 0.6 is 15.9 Å². The van der Waals surface area contributed by atoms with Gasteiger partial charge in [-0.3, -0.25) is 4.90 Å². The Labute approximate surface area is 120 Å². The highest BCUT2D eigenvalue weighted by Crippen LogP contribution is 2.27. The first-order valence-corrected chi connectivity index (χ1v) is 7.57. The number of halogens is 1. The predicted octanol–water partition coefficient (Wildman–Crippen LogP) is 3.96. The molecular weight excluding hydrogens is 288 g/mol. The van der Waals surface area contributed by atoms with Crippen molar-refractivity contribution in [1.82, 2.24) is 4.90 Å². The fraction of sp³-hybridized carbons (Fsp3) is 0.600. The van der Waals surface area contributed by atoms with Gasteiger partial charge in [-0.1, -0.05) is 41.9 Å². The van der Waals surface area contributed by atoms with E-state index in [1.807, 2.05) is 0 Å². The van der Waals surface area contributed by atoms with Crippen LogP contribution in [0.5, 0.6) is 0 Å². The van der Waals surface area contributed by atoms with Crippen LogP contribution < -0.4 is 5.73 Å². The van der Waals surface area contributed by atoms with Gasteiger partial charge in [-0.05, 0) is 44.5 Å². The number of benzene rings is 1. The molecule has 0 bridgehead atoms. The molecule has 0 heterocycles. The van der Waals surface area contributed by atoms with Crippen LogP contribution in [-0.4, -0.2) is 23.5 Å². The lowest BCUT2D eigenvalue weighted by atomic mass is 9.97. The van der Waals surface area contributed by atoms with E-state index >= 15 is 0 Å². The smallest absolute Gasteiger partial charge is 0.0499 e. The van der Waals surface area contributed by atoms with Crippen LogP contribution in [0.2, 0.25) is 0 Å². The maximum atomic E-state index is 6.22. The van der Waals surface area contributed by atoms with E-state index in [0.29, 0.717) is 6.04 Å². The lowest BCUT2D eigenvalue weighted by Crippen LogP contribution is -2.43. The SMILES string of the molecule is CCC(C)N(CC)C(c1ccc(Br)cc1)C(C)N. The Hall–Kier alpha value is -0.380. The van der Waals surface area contributed by atoms with Crippen molar-refractivity contribution in [3.63, 3.8) is 0 Å². The average Bonchev–Trinajstić information content (AvgIpc) is 2.36. The lowest BCUT2D eigenvalue weighted by Gasteiger charge is -2.38. The molecular formula is C15H25BrN2. The molecule has 2 nitrogen and oxygen atoms in total. The van der Waals surface area contributed by atoms with Crippen molar-refractivity contribution in [2.45, 2.75) is 52.2 Å². The molecule has 0 spiro atoms. The normalized spacial score (nSPS) is 16.6. The topological polar surface area (TPSA) is 29.3 Å². The Morgan fingerprint density at radius 3 is 2.11 bits per heavy atom. The van der Waals surface area contributed by atoms with Gasteiger partial charge in [0.15, 0.2) is 0 Å². The van der Waals surface area contributed by atoms with Crippen molar-refractivity contribution >= 4 is 15.9 Å². The second kappa shape index (κ2) is 7.27. The van der Waals surface area contributed by atoms with Crippen molar-refractivity contribution in [1.29, 1.82) is 0 Å². The zero-order chi connectivity index (χ0) is 13.7. The van der Waals surface area contributed by atoms with Gasteiger partial charge in [0.2, 0.25) is 0 Å². The van der Waals surface area contributed by atoms with Crippen LogP contribution in [0.1, 0.15) is 45.7 Å². The third-order valence-corrected chi connectivity index (χ3v) is 4.12. The summed E-state index contributed by atoms with van der Waals surface area (Å²) in [5, 5.41) is 0. The number of nitrogens with two attached hydrogens (primary N) is 1. The molecule has 0 amide bonds. The summed E-state index contributed by atoms with van der Waals surface area (Å²) in [4.78, 5) is 2.49. The molecule has 3 unspecified atom stereocenters. The van der Waals surface area contributed by atoms with Crippen LogP contribution in [0.4, 0.5) is 0 Å². The highest BCUT2D eigenvalue weighted by Gasteiger charge is 2.25. The zero-order valence-electron chi connectivity index (χ0n) is 11.9. The Morgan fingerprint density at radius 2 is 1.72 bits per heavy atom. The predicted molar refractivity (Wildman–Crippen MR) is 82.7 cm³/mol. The van der Waals surface area contributed by atoms with Gasteiger partial charge in [-0.25, -0.2) is 0 Å². The van der Waals surface area contributed by atoms with Gasteiger partial charge >= 0.3 is 0 Å². The van der Waals surface area contributed by atoms with Crippen molar-refractivity contribution in [3.8, 4) is 0 Å². The van der Waals surface area contributed by atoms with Gasteiger partial charge in [0.25, 0.3) is 0 Å². The second-order valence-electron chi connectivity index (χ2n) is 4.94. The fourth-order valence-electron chi connectivity index (χ4n) is 2.47. The molecule has 2 N–H and O–H groups in total. The van der Waals surface area contributed by atoms with Gasteiger partial charge in [-0.2, -0.15) is 0 Å². The largest absolute Gasteiger partial charge is 0.326 e. The van der Waals surface area contributed by atoms with E-state index in [4.69, 9.17) is 5.73 Å². The first kappa shape index (κ1) is 15.7. The summed E-state index contributed by atoms with van der Waals surface area (Å²) in [5.41, 5.74) is 7.52. The van der Waals surface area contributed by atoms with E-state index in [2.05, 4.69) is 72.8 Å². The van der Waals surface area contributed by atoms with Gasteiger partial charge in [0.05, 0.1) is 0 Å². The van der Waals surface area contributed by atoms with Crippen LogP contribution in [0.3, 0.4) is 0 Å². The Morgan fingerprint density at radius 1 is 1.17 bits per heavy atom. The molecule has 0 aliphatic heterocycles. The van der Waals surface area contributed by atoms with E-state index < -0.39 is 0 Å². The molecule has 3 heteroatoms. The van der Waals surface area contributed by atoms with Crippen LogP contribution in [0.25, 0.3) is 0 Å². The summed E-state index contributed by atoms with van der Waals surface area (Å²) in [5.74, 6) is 0. The van der Waals surface area contributed by atoms with Crippen LogP contribution in [0.15, 0.2) is 28.7 Å². The molecule has 0 saturated carbocycles. The highest BCUT2D eigenvalue weighted by atomic mass is 79.9. The molecule has 18 heavy (non-hydrogen) atoms.